The third-order valence-corrected chi connectivity index (χ3v) is 3.90. The van der Waals surface area contributed by atoms with Crippen molar-refractivity contribution in [3.63, 3.8) is 0 Å². The number of hydrogen-bond acceptors (Lipinski definition) is 4. The Hall–Kier alpha value is -1.38. The first-order valence-electron chi connectivity index (χ1n) is 7.45. The second-order valence-electron chi connectivity index (χ2n) is 5.40. The molecule has 2 rings (SSSR count). The third-order valence-electron chi connectivity index (χ3n) is 3.90. The minimum atomic E-state index is 0.549. The van der Waals surface area contributed by atoms with Crippen molar-refractivity contribution < 1.29 is 4.74 Å². The second kappa shape index (κ2) is 8.03. The number of methoxy groups -OCH3 is 1. The summed E-state index contributed by atoms with van der Waals surface area (Å²) in [7, 11) is 1.71. The topological polar surface area (TPSA) is 54.1 Å². The molecule has 1 aliphatic rings. The molecule has 0 saturated heterocycles. The molecule has 0 bridgehead atoms. The Balaban J connectivity index is 1.89. The van der Waals surface area contributed by atoms with Crippen LogP contribution in [0, 0.1) is 11.3 Å². The molecule has 0 spiro atoms. The highest BCUT2D eigenvalue weighted by Gasteiger charge is 2.18. The molecular formula is C15H24N4O. The van der Waals surface area contributed by atoms with Gasteiger partial charge >= 0.3 is 0 Å². The second-order valence-corrected chi connectivity index (χ2v) is 5.40. The van der Waals surface area contributed by atoms with Crippen molar-refractivity contribution in [2.75, 3.05) is 26.8 Å². The van der Waals surface area contributed by atoms with Crippen LogP contribution in [0.25, 0.3) is 0 Å². The van der Waals surface area contributed by atoms with E-state index in [0.717, 1.165) is 25.3 Å². The van der Waals surface area contributed by atoms with Crippen LogP contribution >= 0.6 is 0 Å². The predicted molar refractivity (Wildman–Crippen MR) is 77.1 cm³/mol. The fourth-order valence-electron chi connectivity index (χ4n) is 2.76. The van der Waals surface area contributed by atoms with Gasteiger partial charge in [-0.1, -0.05) is 12.8 Å². The molecule has 0 radical (unpaired) electrons. The standard InChI is InChI=1S/C15H24N4O/c1-20-12-11-18(9-4-8-16)13-14-7-10-19(17-14)15-5-2-3-6-15/h7,10,15H,2-6,9,11-13H2,1H3. The van der Waals surface area contributed by atoms with E-state index < -0.39 is 0 Å². The van der Waals surface area contributed by atoms with Crippen LogP contribution in [0.1, 0.15) is 43.8 Å². The van der Waals surface area contributed by atoms with Crippen molar-refractivity contribution in [3.8, 4) is 6.07 Å². The molecule has 0 N–H and O–H groups in total. The minimum absolute atomic E-state index is 0.549. The molecule has 5 heteroatoms. The average molecular weight is 276 g/mol. The summed E-state index contributed by atoms with van der Waals surface area (Å²) in [6, 6.07) is 4.90. The highest BCUT2D eigenvalue weighted by atomic mass is 16.5. The zero-order chi connectivity index (χ0) is 14.2. The lowest BCUT2D eigenvalue weighted by molar-refractivity contribution is 0.144. The molecule has 5 nitrogen and oxygen atoms in total. The molecule has 0 aliphatic heterocycles. The van der Waals surface area contributed by atoms with E-state index in [0.29, 0.717) is 19.1 Å². The summed E-state index contributed by atoms with van der Waals surface area (Å²) >= 11 is 0. The third kappa shape index (κ3) is 4.32. The molecule has 0 unspecified atom stereocenters. The smallest absolute Gasteiger partial charge is 0.0764 e. The Labute approximate surface area is 121 Å². The molecule has 1 aliphatic carbocycles. The van der Waals surface area contributed by atoms with Crippen molar-refractivity contribution in [2.45, 2.75) is 44.7 Å². The fourth-order valence-corrected chi connectivity index (χ4v) is 2.76. The number of nitrogens with zero attached hydrogens (tertiary/aromatic N) is 4. The molecule has 110 valence electrons. The van der Waals surface area contributed by atoms with Gasteiger partial charge in [0.25, 0.3) is 0 Å². The SMILES string of the molecule is COCCN(CCC#N)Cc1ccn(C2CCCC2)n1. The van der Waals surface area contributed by atoms with Gasteiger partial charge in [-0.2, -0.15) is 10.4 Å². The lowest BCUT2D eigenvalue weighted by atomic mass is 10.3. The maximum absolute atomic E-state index is 8.73. The van der Waals surface area contributed by atoms with Gasteiger partial charge in [-0.15, -0.1) is 0 Å². The minimum Gasteiger partial charge on any atom is -0.383 e. The van der Waals surface area contributed by atoms with Gasteiger partial charge in [-0.25, -0.2) is 0 Å². The maximum atomic E-state index is 8.73. The van der Waals surface area contributed by atoms with E-state index >= 15 is 0 Å². The lowest BCUT2D eigenvalue weighted by Crippen LogP contribution is -2.28. The summed E-state index contributed by atoms with van der Waals surface area (Å²) < 4.78 is 7.25. The first kappa shape index (κ1) is 15.0. The monoisotopic (exact) mass is 276 g/mol. The van der Waals surface area contributed by atoms with Crippen LogP contribution in [-0.4, -0.2) is 41.5 Å². The van der Waals surface area contributed by atoms with Crippen LogP contribution < -0.4 is 0 Å². The van der Waals surface area contributed by atoms with Gasteiger partial charge in [0.1, 0.15) is 0 Å². The summed E-state index contributed by atoms with van der Waals surface area (Å²) in [5.41, 5.74) is 1.09. The van der Waals surface area contributed by atoms with E-state index in [9.17, 15) is 0 Å². The Morgan fingerprint density at radius 2 is 2.25 bits per heavy atom. The van der Waals surface area contributed by atoms with E-state index in [2.05, 4.69) is 27.9 Å². The molecule has 1 saturated carbocycles. The molecule has 1 aromatic heterocycles. The van der Waals surface area contributed by atoms with Crippen molar-refractivity contribution in [1.29, 1.82) is 5.26 Å². The number of aromatic nitrogens is 2. The zero-order valence-corrected chi connectivity index (χ0v) is 12.3. The first-order chi connectivity index (χ1) is 9.83. The number of rotatable bonds is 8. The van der Waals surface area contributed by atoms with Crippen molar-refractivity contribution in [3.05, 3.63) is 18.0 Å². The molecule has 0 atom stereocenters. The summed E-state index contributed by atoms with van der Waals surface area (Å²) in [6.45, 7) is 3.10. The largest absolute Gasteiger partial charge is 0.383 e. The summed E-state index contributed by atoms with van der Waals surface area (Å²) in [6.07, 6.45) is 7.80. The molecule has 1 heterocycles. The number of nitriles is 1. The summed E-state index contributed by atoms with van der Waals surface area (Å²) in [5.74, 6) is 0. The normalized spacial score (nSPS) is 15.8. The molecule has 0 aromatic carbocycles. The average Bonchev–Trinajstić information content (AvgIpc) is 3.12. The maximum Gasteiger partial charge on any atom is 0.0764 e. The Bertz CT molecular complexity index is 431. The zero-order valence-electron chi connectivity index (χ0n) is 12.3. The predicted octanol–water partition coefficient (Wildman–Crippen LogP) is 2.36. The molecule has 0 amide bonds. The Kier molecular flexibility index (Phi) is 6.03. The van der Waals surface area contributed by atoms with Gasteiger partial charge in [0.2, 0.25) is 0 Å². The van der Waals surface area contributed by atoms with Gasteiger partial charge in [-0.3, -0.25) is 9.58 Å². The van der Waals surface area contributed by atoms with Crippen LogP contribution in [0.3, 0.4) is 0 Å². The van der Waals surface area contributed by atoms with Gasteiger partial charge in [0.05, 0.1) is 24.4 Å². The van der Waals surface area contributed by atoms with Gasteiger partial charge < -0.3 is 4.74 Å². The van der Waals surface area contributed by atoms with Crippen LogP contribution in [0.5, 0.6) is 0 Å². The van der Waals surface area contributed by atoms with E-state index in [1.807, 2.05) is 0 Å². The van der Waals surface area contributed by atoms with Crippen LogP contribution in [0.15, 0.2) is 12.3 Å². The van der Waals surface area contributed by atoms with Crippen molar-refractivity contribution >= 4 is 0 Å². The first-order valence-corrected chi connectivity index (χ1v) is 7.45. The fraction of sp³-hybridized carbons (Fsp3) is 0.733. The van der Waals surface area contributed by atoms with E-state index in [4.69, 9.17) is 15.1 Å². The molecule has 20 heavy (non-hydrogen) atoms. The summed E-state index contributed by atoms with van der Waals surface area (Å²) in [5, 5.41) is 13.4. The highest BCUT2D eigenvalue weighted by molar-refractivity contribution is 5.00. The van der Waals surface area contributed by atoms with Gasteiger partial charge in [0, 0.05) is 39.4 Å². The van der Waals surface area contributed by atoms with Crippen LogP contribution in [0.2, 0.25) is 0 Å². The van der Waals surface area contributed by atoms with Gasteiger partial charge in [0.15, 0.2) is 0 Å². The lowest BCUT2D eigenvalue weighted by Gasteiger charge is -2.19. The molecule has 1 aromatic rings. The van der Waals surface area contributed by atoms with E-state index in [1.165, 1.54) is 25.7 Å². The van der Waals surface area contributed by atoms with Gasteiger partial charge in [-0.05, 0) is 18.9 Å². The quantitative estimate of drug-likeness (QED) is 0.731. The van der Waals surface area contributed by atoms with Crippen LogP contribution in [-0.2, 0) is 11.3 Å². The van der Waals surface area contributed by atoms with E-state index in [-0.39, 0.29) is 0 Å². The summed E-state index contributed by atoms with van der Waals surface area (Å²) in [4.78, 5) is 2.23. The molecule has 1 fully saturated rings. The number of ether oxygens (including phenoxy) is 1. The van der Waals surface area contributed by atoms with Crippen molar-refractivity contribution in [1.82, 2.24) is 14.7 Å². The highest BCUT2D eigenvalue weighted by Crippen LogP contribution is 2.28. The van der Waals surface area contributed by atoms with Crippen molar-refractivity contribution in [2.24, 2.45) is 0 Å². The Morgan fingerprint density at radius 1 is 1.45 bits per heavy atom. The van der Waals surface area contributed by atoms with Crippen LogP contribution in [0.4, 0.5) is 0 Å². The van der Waals surface area contributed by atoms with E-state index in [1.54, 1.807) is 7.11 Å². The number of hydrogen-bond donors (Lipinski definition) is 0. The molecular weight excluding hydrogens is 252 g/mol. The Morgan fingerprint density at radius 3 is 2.95 bits per heavy atom.